The van der Waals surface area contributed by atoms with Gasteiger partial charge in [0.2, 0.25) is 0 Å². The lowest BCUT2D eigenvalue weighted by Gasteiger charge is -2.25. The van der Waals surface area contributed by atoms with E-state index in [1.165, 1.54) is 6.33 Å². The highest BCUT2D eigenvalue weighted by Gasteiger charge is 2.34. The predicted molar refractivity (Wildman–Crippen MR) is 68.5 cm³/mol. The van der Waals surface area contributed by atoms with Gasteiger partial charge >= 0.3 is 5.97 Å². The molecule has 0 radical (unpaired) electrons. The number of halogens is 1. The van der Waals surface area contributed by atoms with Crippen LogP contribution >= 0.6 is 11.6 Å². The molecule has 1 saturated heterocycles. The summed E-state index contributed by atoms with van der Waals surface area (Å²) in [6.45, 7) is 2.86. The summed E-state index contributed by atoms with van der Waals surface area (Å²) in [7, 11) is 0. The van der Waals surface area contributed by atoms with Gasteiger partial charge in [-0.25, -0.2) is 14.8 Å². The highest BCUT2D eigenvalue weighted by molar-refractivity contribution is 6.32. The van der Waals surface area contributed by atoms with Crippen molar-refractivity contribution in [3.05, 3.63) is 11.5 Å². The van der Waals surface area contributed by atoms with Gasteiger partial charge in [-0.15, -0.1) is 0 Å². The molecule has 0 amide bonds. The molecule has 7 heteroatoms. The number of esters is 1. The zero-order valence-electron chi connectivity index (χ0n) is 10.1. The van der Waals surface area contributed by atoms with E-state index in [9.17, 15) is 4.79 Å². The van der Waals surface area contributed by atoms with Crippen LogP contribution in [-0.4, -0.2) is 35.1 Å². The molecule has 2 N–H and O–H groups in total. The Morgan fingerprint density at radius 2 is 2.44 bits per heavy atom. The van der Waals surface area contributed by atoms with E-state index >= 15 is 0 Å². The Morgan fingerprint density at radius 3 is 3.17 bits per heavy atom. The number of hydrogen-bond acceptors (Lipinski definition) is 6. The van der Waals surface area contributed by atoms with Crippen molar-refractivity contribution < 1.29 is 9.53 Å². The van der Waals surface area contributed by atoms with E-state index in [2.05, 4.69) is 9.97 Å². The number of carbonyl (C=O) groups excluding carboxylic acids is 1. The van der Waals surface area contributed by atoms with Gasteiger partial charge in [0.05, 0.1) is 6.61 Å². The van der Waals surface area contributed by atoms with Crippen molar-refractivity contribution in [1.82, 2.24) is 9.97 Å². The van der Waals surface area contributed by atoms with E-state index in [1.807, 2.05) is 4.90 Å². The van der Waals surface area contributed by atoms with Gasteiger partial charge in [-0.05, 0) is 19.8 Å². The summed E-state index contributed by atoms with van der Waals surface area (Å²) in [4.78, 5) is 21.6. The van der Waals surface area contributed by atoms with Gasteiger partial charge in [0.15, 0.2) is 11.0 Å². The first-order valence-corrected chi connectivity index (χ1v) is 6.22. The number of aromatic nitrogens is 2. The van der Waals surface area contributed by atoms with Crippen LogP contribution in [0, 0.1) is 0 Å². The second-order valence-corrected chi connectivity index (χ2v) is 4.36. The average Bonchev–Trinajstić information content (AvgIpc) is 2.82. The van der Waals surface area contributed by atoms with E-state index < -0.39 is 0 Å². The monoisotopic (exact) mass is 270 g/mol. The van der Waals surface area contributed by atoms with Gasteiger partial charge in [-0.1, -0.05) is 11.6 Å². The zero-order chi connectivity index (χ0) is 13.1. The average molecular weight is 271 g/mol. The maximum atomic E-state index is 11.8. The Hall–Kier alpha value is -1.56. The van der Waals surface area contributed by atoms with Crippen LogP contribution in [0.2, 0.25) is 5.15 Å². The second-order valence-electron chi connectivity index (χ2n) is 4.01. The zero-order valence-corrected chi connectivity index (χ0v) is 10.9. The van der Waals surface area contributed by atoms with Crippen molar-refractivity contribution in [3.8, 4) is 0 Å². The molecular weight excluding hydrogens is 256 g/mol. The van der Waals surface area contributed by atoms with E-state index in [-0.39, 0.29) is 17.2 Å². The summed E-state index contributed by atoms with van der Waals surface area (Å²) < 4.78 is 5.05. The summed E-state index contributed by atoms with van der Waals surface area (Å²) >= 11 is 5.86. The first-order valence-electron chi connectivity index (χ1n) is 5.84. The van der Waals surface area contributed by atoms with Gasteiger partial charge in [-0.3, -0.25) is 0 Å². The molecule has 0 bridgehead atoms. The minimum atomic E-state index is -0.335. The van der Waals surface area contributed by atoms with Crippen LogP contribution in [0.25, 0.3) is 0 Å². The fourth-order valence-corrected chi connectivity index (χ4v) is 2.23. The van der Waals surface area contributed by atoms with E-state index in [4.69, 9.17) is 22.1 Å². The van der Waals surface area contributed by atoms with Crippen LogP contribution in [0.5, 0.6) is 0 Å². The number of nitrogens with zero attached hydrogens (tertiary/aromatic N) is 3. The lowest BCUT2D eigenvalue weighted by Crippen LogP contribution is -2.38. The standard InChI is InChI=1S/C11H15ClN4O2/c1-2-18-11(17)7-4-3-5-16(7)10-8(13)9(12)14-6-15-10/h6-7H,2-5,13H2,1H3. The normalized spacial score (nSPS) is 19.0. The first-order chi connectivity index (χ1) is 8.65. The van der Waals surface area contributed by atoms with Crippen LogP contribution < -0.4 is 10.6 Å². The largest absolute Gasteiger partial charge is 0.464 e. The van der Waals surface area contributed by atoms with Crippen molar-refractivity contribution >= 4 is 29.1 Å². The minimum Gasteiger partial charge on any atom is -0.464 e. The third kappa shape index (κ3) is 2.33. The van der Waals surface area contributed by atoms with Gasteiger partial charge < -0.3 is 15.4 Å². The molecular formula is C11H15ClN4O2. The molecule has 1 unspecified atom stereocenters. The summed E-state index contributed by atoms with van der Waals surface area (Å²) in [6.07, 6.45) is 2.97. The second kappa shape index (κ2) is 5.39. The number of rotatable bonds is 3. The molecule has 0 aliphatic carbocycles. The summed E-state index contributed by atoms with van der Waals surface area (Å²) in [6, 6.07) is -0.335. The Kier molecular flexibility index (Phi) is 3.86. The third-order valence-electron chi connectivity index (χ3n) is 2.90. The fraction of sp³-hybridized carbons (Fsp3) is 0.545. The van der Waals surface area contributed by atoms with Crippen molar-refractivity contribution in [2.24, 2.45) is 0 Å². The number of nitrogens with two attached hydrogens (primary N) is 1. The van der Waals surface area contributed by atoms with Crippen molar-refractivity contribution in [2.75, 3.05) is 23.8 Å². The molecule has 2 rings (SSSR count). The minimum absolute atomic E-state index is 0.203. The lowest BCUT2D eigenvalue weighted by molar-refractivity contribution is -0.144. The Morgan fingerprint density at radius 1 is 1.67 bits per heavy atom. The Labute approximate surface area is 110 Å². The quantitative estimate of drug-likeness (QED) is 0.657. The number of nitrogen functional groups attached to an aromatic ring is 1. The molecule has 0 spiro atoms. The smallest absolute Gasteiger partial charge is 0.328 e. The molecule has 1 aromatic rings. The van der Waals surface area contributed by atoms with Crippen LogP contribution in [0.15, 0.2) is 6.33 Å². The summed E-state index contributed by atoms with van der Waals surface area (Å²) in [5.74, 6) is 0.259. The highest BCUT2D eigenvalue weighted by Crippen LogP contribution is 2.31. The number of carbonyl (C=O) groups is 1. The van der Waals surface area contributed by atoms with Gasteiger partial charge in [-0.2, -0.15) is 0 Å². The van der Waals surface area contributed by atoms with E-state index in [0.717, 1.165) is 12.8 Å². The van der Waals surface area contributed by atoms with E-state index in [1.54, 1.807) is 6.92 Å². The maximum Gasteiger partial charge on any atom is 0.328 e. The summed E-state index contributed by atoms with van der Waals surface area (Å²) in [5, 5.41) is 0.203. The van der Waals surface area contributed by atoms with Crippen LogP contribution in [0.1, 0.15) is 19.8 Å². The van der Waals surface area contributed by atoms with Gasteiger partial charge in [0.1, 0.15) is 18.1 Å². The number of hydrogen-bond donors (Lipinski definition) is 1. The number of ether oxygens (including phenoxy) is 1. The molecule has 0 saturated carbocycles. The SMILES string of the molecule is CCOC(=O)C1CCCN1c1ncnc(Cl)c1N. The van der Waals surface area contributed by atoms with Crippen LogP contribution in [0.3, 0.4) is 0 Å². The summed E-state index contributed by atoms with van der Waals surface area (Å²) in [5.41, 5.74) is 6.15. The first kappa shape index (κ1) is 12.9. The lowest BCUT2D eigenvalue weighted by atomic mass is 10.2. The van der Waals surface area contributed by atoms with Crippen molar-refractivity contribution in [3.63, 3.8) is 0 Å². The number of anilines is 2. The Bertz CT molecular complexity index is 455. The highest BCUT2D eigenvalue weighted by atomic mass is 35.5. The third-order valence-corrected chi connectivity index (χ3v) is 3.20. The molecule has 6 nitrogen and oxygen atoms in total. The Balaban J connectivity index is 2.26. The molecule has 18 heavy (non-hydrogen) atoms. The molecule has 2 heterocycles. The predicted octanol–water partition coefficient (Wildman–Crippen LogP) is 1.24. The van der Waals surface area contributed by atoms with Gasteiger partial charge in [0, 0.05) is 6.54 Å². The molecule has 1 aliphatic rings. The fourth-order valence-electron chi connectivity index (χ4n) is 2.10. The maximum absolute atomic E-state index is 11.8. The van der Waals surface area contributed by atoms with Crippen LogP contribution in [-0.2, 0) is 9.53 Å². The topological polar surface area (TPSA) is 81.3 Å². The molecule has 0 aromatic carbocycles. The molecule has 1 atom stereocenters. The van der Waals surface area contributed by atoms with Crippen LogP contribution in [0.4, 0.5) is 11.5 Å². The molecule has 1 aromatic heterocycles. The van der Waals surface area contributed by atoms with Gasteiger partial charge in [0.25, 0.3) is 0 Å². The van der Waals surface area contributed by atoms with E-state index in [0.29, 0.717) is 24.7 Å². The molecule has 1 aliphatic heterocycles. The molecule has 1 fully saturated rings. The van der Waals surface area contributed by atoms with Crippen molar-refractivity contribution in [2.45, 2.75) is 25.8 Å². The molecule has 98 valence electrons. The van der Waals surface area contributed by atoms with Crippen molar-refractivity contribution in [1.29, 1.82) is 0 Å².